The highest BCUT2D eigenvalue weighted by atomic mass is 29.9. The zero-order valence-corrected chi connectivity index (χ0v) is 22.4. The molecular weight excluding hydrogens is 401 g/mol. The summed E-state index contributed by atoms with van der Waals surface area (Å²) < 4.78 is 0. The minimum atomic E-state index is -2.06. The van der Waals surface area contributed by atoms with Crippen LogP contribution in [0.2, 0.25) is 39.3 Å². The topological polar surface area (TPSA) is 0 Å². The van der Waals surface area contributed by atoms with Gasteiger partial charge in [0.15, 0.2) is 0 Å². The van der Waals surface area contributed by atoms with Crippen molar-refractivity contribution >= 4 is 45.7 Å². The van der Waals surface area contributed by atoms with Crippen LogP contribution in [0.25, 0.3) is 0 Å². The van der Waals surface area contributed by atoms with E-state index in [1.807, 2.05) is 0 Å². The third kappa shape index (κ3) is 3.96. The predicted molar refractivity (Wildman–Crippen MR) is 138 cm³/mol. The Kier molecular flexibility index (Phi) is 6.15. The maximum absolute atomic E-state index is 2.67. The van der Waals surface area contributed by atoms with Crippen LogP contribution in [-0.2, 0) is 0 Å². The molecule has 0 aliphatic carbocycles. The fourth-order valence-electron chi connectivity index (χ4n) is 5.70. The van der Waals surface area contributed by atoms with Crippen LogP contribution in [0.5, 0.6) is 0 Å². The molecular formula is C24H34Si4. The third-order valence-corrected chi connectivity index (χ3v) is 68.9. The van der Waals surface area contributed by atoms with Crippen molar-refractivity contribution in [1.29, 1.82) is 0 Å². The molecule has 0 spiro atoms. The molecule has 0 heterocycles. The summed E-state index contributed by atoms with van der Waals surface area (Å²) in [4.78, 5) is 0. The summed E-state index contributed by atoms with van der Waals surface area (Å²) in [6.07, 6.45) is 0. The third-order valence-electron chi connectivity index (χ3n) is 5.85. The minimum absolute atomic E-state index is 1.12. The fraction of sp³-hybridized carbons (Fsp3) is 0.250. The Bertz CT molecular complexity index is 768. The van der Waals surface area contributed by atoms with Crippen LogP contribution < -0.4 is 15.6 Å². The summed E-state index contributed by atoms with van der Waals surface area (Å²) in [6, 6.07) is 34.8. The van der Waals surface area contributed by atoms with Gasteiger partial charge in [-0.1, -0.05) is 146 Å². The zero-order valence-electron chi connectivity index (χ0n) is 18.2. The quantitative estimate of drug-likeness (QED) is 0.401. The Morgan fingerprint density at radius 1 is 0.429 bits per heavy atom. The van der Waals surface area contributed by atoms with Crippen LogP contribution in [0.1, 0.15) is 0 Å². The maximum atomic E-state index is 2.67. The minimum Gasteiger partial charge on any atom is -0.0721 e. The molecule has 0 amide bonds. The molecule has 0 atom stereocenters. The van der Waals surface area contributed by atoms with Gasteiger partial charge in [-0.25, -0.2) is 0 Å². The monoisotopic (exact) mass is 434 g/mol. The lowest BCUT2D eigenvalue weighted by Crippen LogP contribution is -2.87. The molecule has 0 aromatic heterocycles. The second-order valence-corrected chi connectivity index (χ2v) is 47.1. The molecule has 0 aliphatic heterocycles. The van der Waals surface area contributed by atoms with E-state index in [1.54, 1.807) is 15.6 Å². The summed E-state index contributed by atoms with van der Waals surface area (Å²) in [5.41, 5.74) is 0. The van der Waals surface area contributed by atoms with Crippen molar-refractivity contribution in [3.8, 4) is 0 Å². The average Bonchev–Trinajstić information content (AvgIpc) is 2.66. The van der Waals surface area contributed by atoms with Crippen molar-refractivity contribution < 1.29 is 0 Å². The van der Waals surface area contributed by atoms with E-state index in [0.717, 1.165) is 0 Å². The van der Waals surface area contributed by atoms with Crippen LogP contribution in [0.4, 0.5) is 0 Å². The molecule has 4 heteroatoms. The second-order valence-electron chi connectivity index (χ2n) is 10.1. The van der Waals surface area contributed by atoms with Gasteiger partial charge in [0.25, 0.3) is 0 Å². The summed E-state index contributed by atoms with van der Waals surface area (Å²) >= 11 is 0. The predicted octanol–water partition coefficient (Wildman–Crippen LogP) is 4.30. The Morgan fingerprint density at radius 2 is 0.679 bits per heavy atom. The molecule has 0 unspecified atom stereocenters. The van der Waals surface area contributed by atoms with Gasteiger partial charge in [0.05, 0.1) is 0 Å². The normalized spacial score (nSPS) is 13.0. The fourth-order valence-corrected chi connectivity index (χ4v) is 91.1. The van der Waals surface area contributed by atoms with E-state index in [0.29, 0.717) is 0 Å². The highest BCUT2D eigenvalue weighted by Gasteiger charge is 2.56. The van der Waals surface area contributed by atoms with Gasteiger partial charge in [-0.2, -0.15) is 0 Å². The average molecular weight is 435 g/mol. The Balaban J connectivity index is 2.51. The number of benzene rings is 3. The lowest BCUT2D eigenvalue weighted by molar-refractivity contribution is 1.69. The van der Waals surface area contributed by atoms with Crippen LogP contribution in [0.3, 0.4) is 0 Å². The van der Waals surface area contributed by atoms with Crippen molar-refractivity contribution in [1.82, 2.24) is 0 Å². The van der Waals surface area contributed by atoms with Crippen molar-refractivity contribution in [2.45, 2.75) is 39.3 Å². The van der Waals surface area contributed by atoms with Crippen LogP contribution in [0.15, 0.2) is 91.0 Å². The van der Waals surface area contributed by atoms with Crippen LogP contribution in [0, 0.1) is 0 Å². The van der Waals surface area contributed by atoms with Crippen molar-refractivity contribution in [3.05, 3.63) is 91.0 Å². The van der Waals surface area contributed by atoms with E-state index in [2.05, 4.69) is 130 Å². The molecule has 0 fully saturated rings. The first-order valence-corrected chi connectivity index (χ1v) is 24.8. The summed E-state index contributed by atoms with van der Waals surface area (Å²) in [5.74, 6) is 0. The molecule has 0 N–H and O–H groups in total. The molecule has 0 bridgehead atoms. The van der Waals surface area contributed by atoms with Gasteiger partial charge in [-0.05, 0) is 0 Å². The molecule has 0 aliphatic rings. The molecule has 146 valence electrons. The van der Waals surface area contributed by atoms with Gasteiger partial charge in [0.1, 0.15) is 7.59 Å². The van der Waals surface area contributed by atoms with E-state index in [9.17, 15) is 0 Å². The SMILES string of the molecule is C[Si](C)(C)[SiH]([Si](C)(C)C)[Si](c1ccccc1)(c1ccccc1)c1ccccc1. The second kappa shape index (κ2) is 8.11. The largest absolute Gasteiger partial charge is 0.131 e. The van der Waals surface area contributed by atoms with Crippen molar-refractivity contribution in [3.63, 3.8) is 0 Å². The van der Waals surface area contributed by atoms with Crippen LogP contribution in [-0.4, -0.2) is 30.1 Å². The van der Waals surface area contributed by atoms with E-state index >= 15 is 0 Å². The van der Waals surface area contributed by atoms with Gasteiger partial charge >= 0.3 is 0 Å². The van der Waals surface area contributed by atoms with Gasteiger partial charge in [-0.3, -0.25) is 0 Å². The summed E-state index contributed by atoms with van der Waals surface area (Å²) in [6.45, 7) is 16.0. The van der Waals surface area contributed by atoms with E-state index in [-0.39, 0.29) is 0 Å². The maximum Gasteiger partial charge on any atom is 0.131 e. The van der Waals surface area contributed by atoms with Gasteiger partial charge in [0, 0.05) is 22.5 Å². The van der Waals surface area contributed by atoms with Gasteiger partial charge < -0.3 is 0 Å². The molecule has 3 aromatic carbocycles. The highest BCUT2D eigenvalue weighted by molar-refractivity contribution is 7.87. The highest BCUT2D eigenvalue weighted by Crippen LogP contribution is 2.26. The lowest BCUT2D eigenvalue weighted by atomic mass is 10.3. The zero-order chi connectivity index (χ0) is 20.4. The number of rotatable bonds is 6. The van der Waals surface area contributed by atoms with Crippen LogP contribution >= 0.6 is 0 Å². The smallest absolute Gasteiger partial charge is 0.0721 e. The first kappa shape index (κ1) is 21.2. The first-order valence-electron chi connectivity index (χ1n) is 10.3. The number of hydrogen-bond acceptors (Lipinski definition) is 0. The van der Waals surface area contributed by atoms with E-state index in [4.69, 9.17) is 0 Å². The summed E-state index contributed by atoms with van der Waals surface area (Å²) in [5, 5.41) is 4.90. The Hall–Kier alpha value is -1.47. The number of hydrogen-bond donors (Lipinski definition) is 0. The molecule has 28 heavy (non-hydrogen) atoms. The van der Waals surface area contributed by atoms with E-state index < -0.39 is 30.1 Å². The Morgan fingerprint density at radius 3 is 0.893 bits per heavy atom. The molecule has 0 nitrogen and oxygen atoms in total. The molecule has 0 saturated heterocycles. The molecule has 0 saturated carbocycles. The van der Waals surface area contributed by atoms with Crippen molar-refractivity contribution in [2.24, 2.45) is 0 Å². The molecule has 3 rings (SSSR count). The van der Waals surface area contributed by atoms with Gasteiger partial charge in [0.2, 0.25) is 0 Å². The van der Waals surface area contributed by atoms with Crippen molar-refractivity contribution in [2.75, 3.05) is 0 Å². The van der Waals surface area contributed by atoms with Gasteiger partial charge in [-0.15, -0.1) is 0 Å². The lowest BCUT2D eigenvalue weighted by Gasteiger charge is -2.50. The van der Waals surface area contributed by atoms with E-state index in [1.165, 1.54) is 0 Å². The molecule has 0 radical (unpaired) electrons. The standard InChI is InChI=1S/C24H34Si4/c1-26(2,3)25(27(4,5)6)28(22-16-10-7-11-17-22,23-18-12-8-13-19-23)24-20-14-9-15-21-24/h7-21,25H,1-6H3. The molecule has 3 aromatic rings. The first-order chi connectivity index (χ1) is 13.2. The summed E-state index contributed by atoms with van der Waals surface area (Å²) in [7, 11) is -5.87. The Labute approximate surface area is 175 Å².